The lowest BCUT2D eigenvalue weighted by atomic mass is 10.0. The Bertz CT molecular complexity index is 842. The standard InChI is InChI=1S/C27H44N6/c1-6-9-25(7-2)32-14-12-30(13-15-32)21-24-11-10-22(4)26(20-24)23(5)31-16-18-33(19-17-31)27(28)29-8-3/h7,10-11,20H,5-6,8-9,12-19,21H2,1-4H3,(H2,28,29)/b25-7+. The second-order valence-electron chi connectivity index (χ2n) is 9.20. The van der Waals surface area contributed by atoms with Gasteiger partial charge in [0, 0.05) is 82.4 Å². The van der Waals surface area contributed by atoms with Crippen molar-refractivity contribution in [2.45, 2.75) is 47.1 Å². The smallest absolute Gasteiger partial charge is 0.191 e. The predicted molar refractivity (Wildman–Crippen MR) is 141 cm³/mol. The second kappa shape index (κ2) is 12.1. The van der Waals surface area contributed by atoms with Gasteiger partial charge >= 0.3 is 0 Å². The molecule has 2 aliphatic rings. The average molecular weight is 453 g/mol. The van der Waals surface area contributed by atoms with Gasteiger partial charge in [0.05, 0.1) is 0 Å². The fourth-order valence-corrected chi connectivity index (χ4v) is 4.91. The first-order valence-corrected chi connectivity index (χ1v) is 12.7. The van der Waals surface area contributed by atoms with Crippen LogP contribution < -0.4 is 5.73 Å². The Morgan fingerprint density at radius 3 is 2.24 bits per heavy atom. The van der Waals surface area contributed by atoms with Crippen LogP contribution in [0.25, 0.3) is 5.70 Å². The zero-order valence-corrected chi connectivity index (χ0v) is 21.3. The number of guanidine groups is 1. The molecule has 3 rings (SSSR count). The van der Waals surface area contributed by atoms with Crippen molar-refractivity contribution in [2.75, 3.05) is 58.9 Å². The summed E-state index contributed by atoms with van der Waals surface area (Å²) in [4.78, 5) is 14.1. The van der Waals surface area contributed by atoms with Gasteiger partial charge in [-0.25, -0.2) is 0 Å². The Morgan fingerprint density at radius 1 is 1.00 bits per heavy atom. The number of piperazine rings is 2. The van der Waals surface area contributed by atoms with Crippen molar-refractivity contribution >= 4 is 11.7 Å². The maximum atomic E-state index is 6.10. The van der Waals surface area contributed by atoms with E-state index in [0.29, 0.717) is 5.96 Å². The van der Waals surface area contributed by atoms with Gasteiger partial charge in [-0.15, -0.1) is 0 Å². The lowest BCUT2D eigenvalue weighted by Gasteiger charge is -2.38. The van der Waals surface area contributed by atoms with E-state index >= 15 is 0 Å². The molecule has 33 heavy (non-hydrogen) atoms. The molecule has 0 amide bonds. The molecule has 6 heteroatoms. The molecule has 6 nitrogen and oxygen atoms in total. The molecule has 2 aliphatic heterocycles. The summed E-state index contributed by atoms with van der Waals surface area (Å²) < 4.78 is 0. The van der Waals surface area contributed by atoms with Crippen LogP contribution in [0.1, 0.15) is 50.3 Å². The third-order valence-corrected chi connectivity index (χ3v) is 6.94. The van der Waals surface area contributed by atoms with Crippen molar-refractivity contribution in [3.63, 3.8) is 0 Å². The van der Waals surface area contributed by atoms with Crippen LogP contribution in [0.3, 0.4) is 0 Å². The van der Waals surface area contributed by atoms with Crippen molar-refractivity contribution in [1.82, 2.24) is 19.6 Å². The van der Waals surface area contributed by atoms with Gasteiger partial charge in [0.25, 0.3) is 0 Å². The average Bonchev–Trinajstić information content (AvgIpc) is 2.84. The molecule has 1 aromatic rings. The molecule has 0 aliphatic carbocycles. The van der Waals surface area contributed by atoms with Gasteiger partial charge in [-0.2, -0.15) is 0 Å². The lowest BCUT2D eigenvalue weighted by Crippen LogP contribution is -2.50. The first kappa shape index (κ1) is 25.2. The normalized spacial score (nSPS) is 18.7. The van der Waals surface area contributed by atoms with E-state index < -0.39 is 0 Å². The van der Waals surface area contributed by atoms with Crippen molar-refractivity contribution in [3.8, 4) is 0 Å². The van der Waals surface area contributed by atoms with Gasteiger partial charge in [-0.1, -0.05) is 38.1 Å². The Balaban J connectivity index is 1.58. The monoisotopic (exact) mass is 452 g/mol. The number of benzene rings is 1. The largest absolute Gasteiger partial charge is 0.373 e. The SMILES string of the molecule is C=C(c1cc(CN2CCN(/C(=C/C)CCC)CC2)ccc1C)N1CCN(/C(N)=N/CC)CC1. The fraction of sp³-hybridized carbons (Fsp3) is 0.593. The number of rotatable bonds is 8. The molecule has 0 saturated carbocycles. The number of nitrogens with zero attached hydrogens (tertiary/aromatic N) is 5. The summed E-state index contributed by atoms with van der Waals surface area (Å²) in [6.45, 7) is 23.0. The molecule has 0 atom stereocenters. The number of aryl methyl sites for hydroxylation is 1. The van der Waals surface area contributed by atoms with E-state index in [-0.39, 0.29) is 0 Å². The lowest BCUT2D eigenvalue weighted by molar-refractivity contribution is 0.149. The molecule has 182 valence electrons. The molecule has 0 spiro atoms. The highest BCUT2D eigenvalue weighted by molar-refractivity contribution is 5.78. The van der Waals surface area contributed by atoms with Crippen LogP contribution in [0.4, 0.5) is 0 Å². The van der Waals surface area contributed by atoms with Crippen molar-refractivity contribution in [2.24, 2.45) is 10.7 Å². The zero-order valence-electron chi connectivity index (χ0n) is 21.3. The number of hydrogen-bond donors (Lipinski definition) is 1. The molecule has 2 saturated heterocycles. The second-order valence-corrected chi connectivity index (χ2v) is 9.20. The fourth-order valence-electron chi connectivity index (χ4n) is 4.91. The molecular formula is C27H44N6. The van der Waals surface area contributed by atoms with Gasteiger partial charge < -0.3 is 20.4 Å². The third kappa shape index (κ3) is 6.53. The molecule has 2 heterocycles. The van der Waals surface area contributed by atoms with E-state index in [0.717, 1.165) is 71.1 Å². The Kier molecular flexibility index (Phi) is 9.24. The summed E-state index contributed by atoms with van der Waals surface area (Å²) in [5.74, 6) is 0.664. The summed E-state index contributed by atoms with van der Waals surface area (Å²) in [5, 5.41) is 0. The van der Waals surface area contributed by atoms with Gasteiger partial charge in [0.1, 0.15) is 0 Å². The van der Waals surface area contributed by atoms with Gasteiger partial charge in [-0.3, -0.25) is 9.89 Å². The summed E-state index contributed by atoms with van der Waals surface area (Å²) >= 11 is 0. The zero-order chi connectivity index (χ0) is 23.8. The number of hydrogen-bond acceptors (Lipinski definition) is 4. The summed E-state index contributed by atoms with van der Waals surface area (Å²) in [7, 11) is 0. The van der Waals surface area contributed by atoms with Crippen LogP contribution >= 0.6 is 0 Å². The maximum Gasteiger partial charge on any atom is 0.191 e. The summed E-state index contributed by atoms with van der Waals surface area (Å²) in [6, 6.07) is 6.90. The van der Waals surface area contributed by atoms with Crippen LogP contribution in [-0.2, 0) is 6.54 Å². The molecule has 0 bridgehead atoms. The Labute approximate surface area is 201 Å². The van der Waals surface area contributed by atoms with Crippen LogP contribution in [-0.4, -0.2) is 84.5 Å². The molecule has 1 aromatic carbocycles. The Morgan fingerprint density at radius 2 is 1.64 bits per heavy atom. The molecule has 0 radical (unpaired) electrons. The van der Waals surface area contributed by atoms with E-state index in [1.165, 1.54) is 35.2 Å². The van der Waals surface area contributed by atoms with Crippen LogP contribution in [0.5, 0.6) is 0 Å². The van der Waals surface area contributed by atoms with Crippen molar-refractivity contribution in [3.05, 3.63) is 53.2 Å². The minimum atomic E-state index is 0.664. The highest BCUT2D eigenvalue weighted by Crippen LogP contribution is 2.25. The van der Waals surface area contributed by atoms with E-state index in [1.54, 1.807) is 0 Å². The highest BCUT2D eigenvalue weighted by Gasteiger charge is 2.22. The third-order valence-electron chi connectivity index (χ3n) is 6.94. The maximum absolute atomic E-state index is 6.10. The quantitative estimate of drug-likeness (QED) is 0.481. The molecule has 0 unspecified atom stereocenters. The van der Waals surface area contributed by atoms with Crippen molar-refractivity contribution in [1.29, 1.82) is 0 Å². The minimum Gasteiger partial charge on any atom is -0.373 e. The number of allylic oxidation sites excluding steroid dienone is 2. The van der Waals surface area contributed by atoms with E-state index in [9.17, 15) is 0 Å². The molecule has 2 N–H and O–H groups in total. The van der Waals surface area contributed by atoms with Gasteiger partial charge in [-0.05, 0) is 44.4 Å². The summed E-state index contributed by atoms with van der Waals surface area (Å²) in [6.07, 6.45) is 4.69. The van der Waals surface area contributed by atoms with Crippen LogP contribution in [0.15, 0.2) is 41.5 Å². The minimum absolute atomic E-state index is 0.664. The molecule has 2 fully saturated rings. The first-order valence-electron chi connectivity index (χ1n) is 12.7. The van der Waals surface area contributed by atoms with Gasteiger partial charge in [0.2, 0.25) is 0 Å². The summed E-state index contributed by atoms with van der Waals surface area (Å²) in [5.41, 5.74) is 12.7. The number of aliphatic imine (C=N–C) groups is 1. The van der Waals surface area contributed by atoms with E-state index in [1.807, 2.05) is 6.92 Å². The topological polar surface area (TPSA) is 51.3 Å². The number of nitrogens with two attached hydrogens (primary N) is 1. The van der Waals surface area contributed by atoms with Gasteiger partial charge in [0.15, 0.2) is 5.96 Å². The van der Waals surface area contributed by atoms with E-state index in [4.69, 9.17) is 5.73 Å². The predicted octanol–water partition coefficient (Wildman–Crippen LogP) is 3.74. The van der Waals surface area contributed by atoms with E-state index in [2.05, 4.69) is 76.2 Å². The van der Waals surface area contributed by atoms with Crippen molar-refractivity contribution < 1.29 is 0 Å². The molecular weight excluding hydrogens is 408 g/mol. The Hall–Kier alpha value is -2.47. The first-order chi connectivity index (χ1) is 16.0. The molecule has 0 aromatic heterocycles. The van der Waals surface area contributed by atoms with Crippen LogP contribution in [0, 0.1) is 6.92 Å². The highest BCUT2D eigenvalue weighted by atomic mass is 15.3. The van der Waals surface area contributed by atoms with Crippen LogP contribution in [0.2, 0.25) is 0 Å².